The standard InChI is InChI=1S/C16H20BrClN4O/c1-3-16(4-2,9-19)22-15(23)21-13-8-14(18)20-12-6-5-10(17)7-11(12)13/h5-8H,3-4,9,19H2,1-2H3,(H2,20,21,22,23). The number of hydrogen-bond donors (Lipinski definition) is 3. The maximum Gasteiger partial charge on any atom is 0.319 e. The van der Waals surface area contributed by atoms with Crippen LogP contribution in [-0.2, 0) is 0 Å². The Balaban J connectivity index is 2.31. The van der Waals surface area contributed by atoms with Crippen LogP contribution in [0.15, 0.2) is 28.7 Å². The number of pyridine rings is 1. The fourth-order valence-corrected chi connectivity index (χ4v) is 2.99. The Hall–Kier alpha value is -1.37. The molecule has 1 aromatic heterocycles. The molecule has 0 aliphatic carbocycles. The number of anilines is 1. The number of nitrogens with one attached hydrogen (secondary N) is 2. The molecule has 1 heterocycles. The zero-order chi connectivity index (χ0) is 17.0. The van der Waals surface area contributed by atoms with Gasteiger partial charge in [-0.1, -0.05) is 41.4 Å². The van der Waals surface area contributed by atoms with Crippen molar-refractivity contribution < 1.29 is 4.79 Å². The van der Waals surface area contributed by atoms with E-state index in [1.807, 2.05) is 32.0 Å². The molecule has 0 saturated carbocycles. The second-order valence-electron chi connectivity index (χ2n) is 5.42. The number of fused-ring (bicyclic) bond motifs is 1. The normalized spacial score (nSPS) is 11.5. The van der Waals surface area contributed by atoms with Crippen molar-refractivity contribution in [2.24, 2.45) is 5.73 Å². The Morgan fingerprint density at radius 1 is 1.35 bits per heavy atom. The second-order valence-corrected chi connectivity index (χ2v) is 6.73. The Bertz CT molecular complexity index is 710. The average molecular weight is 400 g/mol. The largest absolute Gasteiger partial charge is 0.331 e. The van der Waals surface area contributed by atoms with Gasteiger partial charge >= 0.3 is 6.03 Å². The lowest BCUT2D eigenvalue weighted by Gasteiger charge is -2.31. The first-order valence-corrected chi connectivity index (χ1v) is 8.65. The molecule has 0 fully saturated rings. The van der Waals surface area contributed by atoms with Crippen LogP contribution >= 0.6 is 27.5 Å². The van der Waals surface area contributed by atoms with E-state index in [0.29, 0.717) is 22.9 Å². The summed E-state index contributed by atoms with van der Waals surface area (Å²) in [5.41, 5.74) is 6.74. The fraction of sp³-hybridized carbons (Fsp3) is 0.375. The molecule has 5 nitrogen and oxygen atoms in total. The number of amides is 2. The Kier molecular flexibility index (Phi) is 5.84. The molecule has 0 atom stereocenters. The molecule has 124 valence electrons. The average Bonchev–Trinajstić information content (AvgIpc) is 2.53. The number of carbonyl (C=O) groups is 1. The van der Waals surface area contributed by atoms with Gasteiger partial charge in [-0.05, 0) is 37.1 Å². The molecule has 4 N–H and O–H groups in total. The molecular formula is C16H20BrClN4O. The first-order valence-electron chi connectivity index (χ1n) is 7.48. The molecule has 23 heavy (non-hydrogen) atoms. The Labute approximate surface area is 149 Å². The summed E-state index contributed by atoms with van der Waals surface area (Å²) in [5, 5.41) is 6.97. The lowest BCUT2D eigenvalue weighted by molar-refractivity contribution is 0.233. The highest BCUT2D eigenvalue weighted by atomic mass is 79.9. The van der Waals surface area contributed by atoms with Gasteiger partial charge in [0, 0.05) is 16.4 Å². The summed E-state index contributed by atoms with van der Waals surface area (Å²) in [6.07, 6.45) is 1.52. The molecule has 1 aromatic carbocycles. The quantitative estimate of drug-likeness (QED) is 0.656. The van der Waals surface area contributed by atoms with Crippen molar-refractivity contribution in [2.75, 3.05) is 11.9 Å². The number of halogens is 2. The highest BCUT2D eigenvalue weighted by Gasteiger charge is 2.26. The third-order valence-electron chi connectivity index (χ3n) is 4.11. The van der Waals surface area contributed by atoms with Crippen molar-refractivity contribution >= 4 is 50.2 Å². The Morgan fingerprint density at radius 3 is 2.65 bits per heavy atom. The van der Waals surface area contributed by atoms with Gasteiger partial charge in [0.2, 0.25) is 0 Å². The lowest BCUT2D eigenvalue weighted by atomic mass is 9.93. The smallest absolute Gasteiger partial charge is 0.319 e. The Morgan fingerprint density at radius 2 is 2.04 bits per heavy atom. The number of hydrogen-bond acceptors (Lipinski definition) is 3. The first-order chi connectivity index (χ1) is 10.9. The summed E-state index contributed by atoms with van der Waals surface area (Å²) in [6.45, 7) is 4.40. The van der Waals surface area contributed by atoms with Crippen LogP contribution in [0.1, 0.15) is 26.7 Å². The van der Waals surface area contributed by atoms with Crippen molar-refractivity contribution in [3.63, 3.8) is 0 Å². The van der Waals surface area contributed by atoms with Crippen molar-refractivity contribution in [2.45, 2.75) is 32.2 Å². The monoisotopic (exact) mass is 398 g/mol. The van der Waals surface area contributed by atoms with Crippen LogP contribution in [0, 0.1) is 0 Å². The van der Waals surface area contributed by atoms with E-state index < -0.39 is 5.54 Å². The van der Waals surface area contributed by atoms with Gasteiger partial charge in [-0.25, -0.2) is 9.78 Å². The minimum absolute atomic E-state index is 0.303. The molecule has 0 bridgehead atoms. The zero-order valence-electron chi connectivity index (χ0n) is 13.1. The van der Waals surface area contributed by atoms with Gasteiger partial charge in [0.15, 0.2) is 0 Å². The summed E-state index contributed by atoms with van der Waals surface area (Å²) >= 11 is 9.48. The van der Waals surface area contributed by atoms with Crippen LogP contribution in [0.25, 0.3) is 10.9 Å². The third-order valence-corrected chi connectivity index (χ3v) is 4.80. The molecule has 0 aliphatic rings. The SMILES string of the molecule is CCC(CC)(CN)NC(=O)Nc1cc(Cl)nc2ccc(Br)cc12. The van der Waals surface area contributed by atoms with E-state index in [1.54, 1.807) is 6.07 Å². The van der Waals surface area contributed by atoms with Crippen LogP contribution < -0.4 is 16.4 Å². The molecule has 0 unspecified atom stereocenters. The van der Waals surface area contributed by atoms with E-state index in [-0.39, 0.29) is 6.03 Å². The van der Waals surface area contributed by atoms with E-state index in [4.69, 9.17) is 17.3 Å². The number of aromatic nitrogens is 1. The van der Waals surface area contributed by atoms with Crippen molar-refractivity contribution in [1.82, 2.24) is 10.3 Å². The van der Waals surface area contributed by atoms with Gasteiger partial charge in [-0.2, -0.15) is 0 Å². The van der Waals surface area contributed by atoms with Crippen LogP contribution in [0.3, 0.4) is 0 Å². The van der Waals surface area contributed by atoms with Crippen LogP contribution in [0.2, 0.25) is 5.15 Å². The van der Waals surface area contributed by atoms with Crippen LogP contribution in [0.5, 0.6) is 0 Å². The predicted octanol–water partition coefficient (Wildman–Crippen LogP) is 4.29. The zero-order valence-corrected chi connectivity index (χ0v) is 15.5. The van der Waals surface area contributed by atoms with Crippen molar-refractivity contribution in [3.05, 3.63) is 33.9 Å². The van der Waals surface area contributed by atoms with E-state index in [9.17, 15) is 4.79 Å². The number of nitrogens with two attached hydrogens (primary N) is 1. The van der Waals surface area contributed by atoms with E-state index in [1.165, 1.54) is 0 Å². The highest BCUT2D eigenvalue weighted by Crippen LogP contribution is 2.28. The maximum atomic E-state index is 12.4. The number of benzene rings is 1. The first kappa shape index (κ1) is 18.0. The van der Waals surface area contributed by atoms with Gasteiger partial charge in [-0.3, -0.25) is 0 Å². The van der Waals surface area contributed by atoms with Crippen molar-refractivity contribution in [1.29, 1.82) is 0 Å². The van der Waals surface area contributed by atoms with Gasteiger partial charge in [0.1, 0.15) is 5.15 Å². The molecule has 0 radical (unpaired) electrons. The molecule has 7 heteroatoms. The minimum atomic E-state index is -0.405. The third kappa shape index (κ3) is 4.13. The fourth-order valence-electron chi connectivity index (χ4n) is 2.43. The van der Waals surface area contributed by atoms with Crippen LogP contribution in [0.4, 0.5) is 10.5 Å². The van der Waals surface area contributed by atoms with Gasteiger partial charge in [-0.15, -0.1) is 0 Å². The molecule has 2 amide bonds. The summed E-state index contributed by atoms with van der Waals surface area (Å²) in [5.74, 6) is 0. The van der Waals surface area contributed by atoms with Gasteiger partial charge < -0.3 is 16.4 Å². The highest BCUT2D eigenvalue weighted by molar-refractivity contribution is 9.10. The molecular weight excluding hydrogens is 380 g/mol. The van der Waals surface area contributed by atoms with Gasteiger partial charge in [0.05, 0.1) is 16.7 Å². The van der Waals surface area contributed by atoms with E-state index in [0.717, 1.165) is 22.7 Å². The number of nitrogens with zero attached hydrogens (tertiary/aromatic N) is 1. The maximum absolute atomic E-state index is 12.4. The van der Waals surface area contributed by atoms with Crippen molar-refractivity contribution in [3.8, 4) is 0 Å². The summed E-state index contributed by atoms with van der Waals surface area (Å²) in [7, 11) is 0. The predicted molar refractivity (Wildman–Crippen MR) is 99.0 cm³/mol. The lowest BCUT2D eigenvalue weighted by Crippen LogP contribution is -2.54. The molecule has 2 rings (SSSR count). The summed E-state index contributed by atoms with van der Waals surface area (Å²) in [4.78, 5) is 16.7. The molecule has 0 aliphatic heterocycles. The summed E-state index contributed by atoms with van der Waals surface area (Å²) in [6, 6.07) is 6.95. The molecule has 0 saturated heterocycles. The number of urea groups is 1. The van der Waals surface area contributed by atoms with E-state index in [2.05, 4.69) is 31.5 Å². The topological polar surface area (TPSA) is 80.0 Å². The number of rotatable bonds is 5. The molecule has 0 spiro atoms. The van der Waals surface area contributed by atoms with Gasteiger partial charge in [0.25, 0.3) is 0 Å². The minimum Gasteiger partial charge on any atom is -0.331 e. The summed E-state index contributed by atoms with van der Waals surface area (Å²) < 4.78 is 0.899. The van der Waals surface area contributed by atoms with E-state index >= 15 is 0 Å². The molecule has 2 aromatic rings. The van der Waals surface area contributed by atoms with Crippen LogP contribution in [-0.4, -0.2) is 23.1 Å². The second kappa shape index (κ2) is 7.47. The number of carbonyl (C=O) groups excluding carboxylic acids is 1.